The van der Waals surface area contributed by atoms with E-state index in [9.17, 15) is 10.1 Å². The molecule has 0 aliphatic carbocycles. The SMILES string of the molecule is CC(=O)c1cc(C#N)c(SCc2nnc(-c3ccco3)o2)nc1C. The van der Waals surface area contributed by atoms with E-state index < -0.39 is 0 Å². The molecular formula is C16H12N4O3S. The number of aromatic nitrogens is 3. The van der Waals surface area contributed by atoms with Crippen molar-refractivity contribution in [2.45, 2.75) is 24.6 Å². The van der Waals surface area contributed by atoms with Crippen LogP contribution in [0.4, 0.5) is 0 Å². The highest BCUT2D eigenvalue weighted by molar-refractivity contribution is 7.98. The van der Waals surface area contributed by atoms with Crippen LogP contribution in [0.5, 0.6) is 0 Å². The van der Waals surface area contributed by atoms with Crippen LogP contribution in [0.1, 0.15) is 34.4 Å². The predicted molar refractivity (Wildman–Crippen MR) is 85.3 cm³/mol. The van der Waals surface area contributed by atoms with Gasteiger partial charge in [0.05, 0.1) is 17.6 Å². The van der Waals surface area contributed by atoms with Crippen molar-refractivity contribution < 1.29 is 13.6 Å². The second kappa shape index (κ2) is 6.68. The zero-order valence-corrected chi connectivity index (χ0v) is 13.8. The topological polar surface area (TPSA) is 106 Å². The molecule has 0 amide bonds. The molecule has 0 fully saturated rings. The Hall–Kier alpha value is -2.92. The first-order valence-electron chi connectivity index (χ1n) is 7.00. The zero-order valence-electron chi connectivity index (χ0n) is 12.9. The van der Waals surface area contributed by atoms with Crippen LogP contribution >= 0.6 is 11.8 Å². The Kier molecular flexibility index (Phi) is 4.44. The number of thioether (sulfide) groups is 1. The quantitative estimate of drug-likeness (QED) is 0.514. The maximum atomic E-state index is 11.5. The minimum Gasteiger partial charge on any atom is -0.459 e. The summed E-state index contributed by atoms with van der Waals surface area (Å²) in [7, 11) is 0. The lowest BCUT2D eigenvalue weighted by Crippen LogP contribution is -2.02. The van der Waals surface area contributed by atoms with E-state index in [1.165, 1.54) is 24.9 Å². The number of hydrogen-bond acceptors (Lipinski definition) is 8. The van der Waals surface area contributed by atoms with Crippen molar-refractivity contribution in [1.82, 2.24) is 15.2 Å². The predicted octanol–water partition coefficient (Wildman–Crippen LogP) is 3.40. The molecule has 0 unspecified atom stereocenters. The molecule has 0 aliphatic heterocycles. The smallest absolute Gasteiger partial charge is 0.283 e. The first-order chi connectivity index (χ1) is 11.6. The molecule has 3 aromatic rings. The Labute approximate surface area is 141 Å². The molecule has 0 aromatic carbocycles. The third-order valence-electron chi connectivity index (χ3n) is 3.21. The average Bonchev–Trinajstić information content (AvgIpc) is 3.23. The summed E-state index contributed by atoms with van der Waals surface area (Å²) in [6, 6.07) is 7.09. The van der Waals surface area contributed by atoms with Crippen molar-refractivity contribution in [3.63, 3.8) is 0 Å². The highest BCUT2D eigenvalue weighted by Gasteiger charge is 2.15. The number of furan rings is 1. The molecule has 3 aromatic heterocycles. The Bertz CT molecular complexity index is 925. The summed E-state index contributed by atoms with van der Waals surface area (Å²) in [5.41, 5.74) is 1.39. The van der Waals surface area contributed by atoms with Crippen LogP contribution in [0.15, 0.2) is 38.3 Å². The molecule has 24 heavy (non-hydrogen) atoms. The molecule has 0 bridgehead atoms. The first-order valence-corrected chi connectivity index (χ1v) is 7.98. The average molecular weight is 340 g/mol. The molecule has 3 rings (SSSR count). The largest absolute Gasteiger partial charge is 0.459 e. The molecule has 0 atom stereocenters. The molecule has 0 aliphatic rings. The minimum absolute atomic E-state index is 0.118. The van der Waals surface area contributed by atoms with Crippen LogP contribution in [-0.4, -0.2) is 21.0 Å². The summed E-state index contributed by atoms with van der Waals surface area (Å²) < 4.78 is 10.7. The van der Waals surface area contributed by atoms with Crippen molar-refractivity contribution in [1.29, 1.82) is 5.26 Å². The minimum atomic E-state index is -0.118. The Morgan fingerprint density at radius 1 is 1.42 bits per heavy atom. The van der Waals surface area contributed by atoms with Gasteiger partial charge >= 0.3 is 0 Å². The van der Waals surface area contributed by atoms with E-state index in [1.807, 2.05) is 0 Å². The number of aryl methyl sites for hydroxylation is 1. The molecule has 0 radical (unpaired) electrons. The summed E-state index contributed by atoms with van der Waals surface area (Å²) in [6.07, 6.45) is 1.52. The molecule has 3 heterocycles. The van der Waals surface area contributed by atoms with Gasteiger partial charge in [-0.3, -0.25) is 4.79 Å². The summed E-state index contributed by atoms with van der Waals surface area (Å²) in [4.78, 5) is 15.9. The number of nitrogens with zero attached hydrogens (tertiary/aromatic N) is 4. The normalized spacial score (nSPS) is 10.5. The van der Waals surface area contributed by atoms with Crippen molar-refractivity contribution in [3.05, 3.63) is 47.2 Å². The molecule has 120 valence electrons. The lowest BCUT2D eigenvalue weighted by atomic mass is 10.1. The van der Waals surface area contributed by atoms with Crippen molar-refractivity contribution >= 4 is 17.5 Å². The fourth-order valence-electron chi connectivity index (χ4n) is 2.07. The number of carbonyl (C=O) groups is 1. The Balaban J connectivity index is 1.79. The van der Waals surface area contributed by atoms with Crippen molar-refractivity contribution in [3.8, 4) is 17.7 Å². The van der Waals surface area contributed by atoms with E-state index in [4.69, 9.17) is 8.83 Å². The van der Waals surface area contributed by atoms with E-state index in [0.717, 1.165) is 0 Å². The lowest BCUT2D eigenvalue weighted by molar-refractivity contribution is 0.101. The Morgan fingerprint density at radius 3 is 2.92 bits per heavy atom. The van der Waals surface area contributed by atoms with Crippen LogP contribution in [-0.2, 0) is 5.75 Å². The number of hydrogen-bond donors (Lipinski definition) is 0. The molecular weight excluding hydrogens is 328 g/mol. The number of rotatable bonds is 5. The Morgan fingerprint density at radius 2 is 2.25 bits per heavy atom. The monoisotopic (exact) mass is 340 g/mol. The number of pyridine rings is 1. The van der Waals surface area contributed by atoms with Crippen LogP contribution < -0.4 is 0 Å². The molecule has 7 nitrogen and oxygen atoms in total. The van der Waals surface area contributed by atoms with Crippen LogP contribution in [0.25, 0.3) is 11.7 Å². The van der Waals surface area contributed by atoms with Gasteiger partial charge < -0.3 is 8.83 Å². The van der Waals surface area contributed by atoms with Crippen LogP contribution in [0.2, 0.25) is 0 Å². The standard InChI is InChI=1S/C16H12N4O3S/c1-9-12(10(2)21)6-11(7-17)16(18-9)24-8-14-19-20-15(23-14)13-4-3-5-22-13/h3-6H,8H2,1-2H3. The maximum Gasteiger partial charge on any atom is 0.283 e. The van der Waals surface area contributed by atoms with Gasteiger partial charge in [0.2, 0.25) is 5.89 Å². The summed E-state index contributed by atoms with van der Waals surface area (Å²) in [6.45, 7) is 3.19. The number of Topliss-reactive ketones (excluding diaryl/α,β-unsaturated/α-hetero) is 1. The molecule has 0 saturated heterocycles. The second-order valence-corrected chi connectivity index (χ2v) is 5.87. The van der Waals surface area contributed by atoms with Crippen molar-refractivity contribution in [2.75, 3.05) is 0 Å². The summed E-state index contributed by atoms with van der Waals surface area (Å²) in [5, 5.41) is 17.7. The van der Waals surface area contributed by atoms with Crippen molar-refractivity contribution in [2.24, 2.45) is 0 Å². The van der Waals surface area contributed by atoms with E-state index in [1.54, 1.807) is 25.1 Å². The lowest BCUT2D eigenvalue weighted by Gasteiger charge is -2.06. The van der Waals surface area contributed by atoms with Gasteiger partial charge in [0, 0.05) is 11.3 Å². The fraction of sp³-hybridized carbons (Fsp3) is 0.188. The van der Waals surface area contributed by atoms with E-state index >= 15 is 0 Å². The van der Waals surface area contributed by atoms with E-state index in [-0.39, 0.29) is 5.78 Å². The third kappa shape index (κ3) is 3.21. The van der Waals surface area contributed by atoms with Gasteiger partial charge in [0.1, 0.15) is 11.1 Å². The molecule has 0 saturated carbocycles. The van der Waals surface area contributed by atoms with Gasteiger partial charge in [0.25, 0.3) is 5.89 Å². The van der Waals surface area contributed by atoms with Gasteiger partial charge in [-0.25, -0.2) is 4.98 Å². The second-order valence-electron chi connectivity index (χ2n) is 4.91. The molecule has 0 N–H and O–H groups in total. The maximum absolute atomic E-state index is 11.5. The summed E-state index contributed by atoms with van der Waals surface area (Å²) >= 11 is 1.30. The third-order valence-corrected chi connectivity index (χ3v) is 4.18. The highest BCUT2D eigenvalue weighted by atomic mass is 32.2. The number of nitriles is 1. The van der Waals surface area contributed by atoms with Gasteiger partial charge in [-0.2, -0.15) is 5.26 Å². The van der Waals surface area contributed by atoms with Gasteiger partial charge in [-0.15, -0.1) is 10.2 Å². The zero-order chi connectivity index (χ0) is 17.1. The van der Waals surface area contributed by atoms with E-state index in [0.29, 0.717) is 45.1 Å². The van der Waals surface area contributed by atoms with Crippen LogP contribution in [0.3, 0.4) is 0 Å². The molecule has 8 heteroatoms. The molecule has 0 spiro atoms. The van der Waals surface area contributed by atoms with Crippen LogP contribution in [0, 0.1) is 18.3 Å². The fourth-order valence-corrected chi connectivity index (χ4v) is 2.91. The van der Waals surface area contributed by atoms with Gasteiger partial charge in [-0.1, -0.05) is 11.8 Å². The highest BCUT2D eigenvalue weighted by Crippen LogP contribution is 2.27. The van der Waals surface area contributed by atoms with Gasteiger partial charge in [-0.05, 0) is 32.0 Å². The first kappa shape index (κ1) is 16.0. The van der Waals surface area contributed by atoms with E-state index in [2.05, 4.69) is 21.3 Å². The summed E-state index contributed by atoms with van der Waals surface area (Å²) in [5.74, 6) is 1.43. The van der Waals surface area contributed by atoms with Gasteiger partial charge in [0.15, 0.2) is 11.5 Å². The number of ketones is 1. The number of carbonyl (C=O) groups excluding carboxylic acids is 1.